The summed E-state index contributed by atoms with van der Waals surface area (Å²) in [5.74, 6) is 1.81. The molecule has 2 aromatic carbocycles. The number of benzene rings is 2. The normalized spacial score (nSPS) is 11.7. The van der Waals surface area contributed by atoms with Crippen molar-refractivity contribution in [3.8, 4) is 11.5 Å². The number of nitrogens with one attached hydrogen (secondary N) is 1. The summed E-state index contributed by atoms with van der Waals surface area (Å²) in [6.07, 6.45) is 0. The minimum Gasteiger partial charge on any atom is -0.493 e. The molecule has 0 heterocycles. The first-order valence-corrected chi connectivity index (χ1v) is 8.85. The Labute approximate surface area is 151 Å². The van der Waals surface area contributed by atoms with Gasteiger partial charge in [-0.25, -0.2) is 0 Å². The second-order valence-electron chi connectivity index (χ2n) is 5.10. The zero-order valence-corrected chi connectivity index (χ0v) is 15.4. The van der Waals surface area contributed by atoms with Crippen LogP contribution >= 0.6 is 23.4 Å². The number of amides is 1. The summed E-state index contributed by atoms with van der Waals surface area (Å²) in [6.45, 7) is 1.87. The molecule has 0 saturated carbocycles. The summed E-state index contributed by atoms with van der Waals surface area (Å²) in [5, 5.41) is 3.40. The van der Waals surface area contributed by atoms with Crippen molar-refractivity contribution < 1.29 is 14.3 Å². The Kier molecular flexibility index (Phi) is 6.82. The number of anilines is 1. The van der Waals surface area contributed by atoms with Gasteiger partial charge in [0.2, 0.25) is 5.91 Å². The van der Waals surface area contributed by atoms with E-state index in [1.807, 2.05) is 31.2 Å². The third kappa shape index (κ3) is 4.82. The second kappa shape index (κ2) is 8.85. The van der Waals surface area contributed by atoms with Crippen molar-refractivity contribution in [3.63, 3.8) is 0 Å². The Hall–Kier alpha value is -1.85. The predicted octanol–water partition coefficient (Wildman–Crippen LogP) is 4.62. The molecule has 0 bridgehead atoms. The number of halogens is 1. The molecule has 0 aromatic heterocycles. The third-order valence-electron chi connectivity index (χ3n) is 3.47. The minimum atomic E-state index is -0.214. The Morgan fingerprint density at radius 2 is 1.88 bits per heavy atom. The number of carbonyl (C=O) groups is 1. The summed E-state index contributed by atoms with van der Waals surface area (Å²) >= 11 is 7.68. The molecule has 0 fully saturated rings. The summed E-state index contributed by atoms with van der Waals surface area (Å²) in [7, 11) is 3.13. The van der Waals surface area contributed by atoms with Crippen LogP contribution in [-0.4, -0.2) is 25.4 Å². The molecular formula is C18H20ClNO3S. The molecule has 24 heavy (non-hydrogen) atoms. The van der Waals surface area contributed by atoms with Gasteiger partial charge in [0, 0.05) is 22.5 Å². The smallest absolute Gasteiger partial charge is 0.237 e. The van der Waals surface area contributed by atoms with Crippen molar-refractivity contribution in [2.45, 2.75) is 17.9 Å². The lowest BCUT2D eigenvalue weighted by Gasteiger charge is -2.14. The van der Waals surface area contributed by atoms with E-state index in [1.54, 1.807) is 32.4 Å². The topological polar surface area (TPSA) is 47.6 Å². The number of ether oxygens (including phenoxy) is 2. The first kappa shape index (κ1) is 18.5. The standard InChI is InChI=1S/C18H20ClNO3S/c1-12(24-11-13-6-4-5-7-15(13)19)18(21)20-14-8-9-16(22-2)17(10-14)23-3/h4-10,12H,11H2,1-3H3,(H,20,21). The zero-order valence-electron chi connectivity index (χ0n) is 13.8. The number of methoxy groups -OCH3 is 2. The highest BCUT2D eigenvalue weighted by Crippen LogP contribution is 2.30. The molecule has 4 nitrogen and oxygen atoms in total. The molecule has 2 aromatic rings. The van der Waals surface area contributed by atoms with Crippen LogP contribution < -0.4 is 14.8 Å². The fraction of sp³-hybridized carbons (Fsp3) is 0.278. The molecule has 0 radical (unpaired) electrons. The number of carbonyl (C=O) groups excluding carboxylic acids is 1. The molecule has 0 spiro atoms. The molecule has 0 aliphatic rings. The summed E-state index contributed by atoms with van der Waals surface area (Å²) in [6, 6.07) is 12.9. The van der Waals surface area contributed by atoms with E-state index < -0.39 is 0 Å². The molecular weight excluding hydrogens is 346 g/mol. The number of rotatable bonds is 7. The van der Waals surface area contributed by atoms with Gasteiger partial charge in [0.1, 0.15) is 0 Å². The number of hydrogen-bond donors (Lipinski definition) is 1. The van der Waals surface area contributed by atoms with Gasteiger partial charge in [0.05, 0.1) is 19.5 Å². The molecule has 6 heteroatoms. The maximum absolute atomic E-state index is 12.3. The Bertz CT molecular complexity index is 708. The highest BCUT2D eigenvalue weighted by molar-refractivity contribution is 7.99. The largest absolute Gasteiger partial charge is 0.493 e. The van der Waals surface area contributed by atoms with E-state index in [9.17, 15) is 4.79 Å². The molecule has 0 saturated heterocycles. The van der Waals surface area contributed by atoms with Crippen LogP contribution in [0.1, 0.15) is 12.5 Å². The summed E-state index contributed by atoms with van der Waals surface area (Å²) < 4.78 is 10.4. The lowest BCUT2D eigenvalue weighted by Crippen LogP contribution is -2.22. The Morgan fingerprint density at radius 1 is 1.17 bits per heavy atom. The van der Waals surface area contributed by atoms with E-state index in [2.05, 4.69) is 5.32 Å². The van der Waals surface area contributed by atoms with Gasteiger partial charge >= 0.3 is 0 Å². The fourth-order valence-electron chi connectivity index (χ4n) is 2.06. The van der Waals surface area contributed by atoms with E-state index in [0.29, 0.717) is 22.9 Å². The predicted molar refractivity (Wildman–Crippen MR) is 100 cm³/mol. The van der Waals surface area contributed by atoms with Crippen LogP contribution in [0.4, 0.5) is 5.69 Å². The molecule has 1 atom stereocenters. The van der Waals surface area contributed by atoms with E-state index in [-0.39, 0.29) is 11.2 Å². The van der Waals surface area contributed by atoms with Crippen LogP contribution in [0.2, 0.25) is 5.02 Å². The highest BCUT2D eigenvalue weighted by Gasteiger charge is 2.15. The highest BCUT2D eigenvalue weighted by atomic mass is 35.5. The number of thioether (sulfide) groups is 1. The number of hydrogen-bond acceptors (Lipinski definition) is 4. The average molecular weight is 366 g/mol. The van der Waals surface area contributed by atoms with Crippen LogP contribution in [0, 0.1) is 0 Å². The van der Waals surface area contributed by atoms with Gasteiger partial charge in [0.25, 0.3) is 0 Å². The first-order valence-electron chi connectivity index (χ1n) is 7.43. The van der Waals surface area contributed by atoms with Crippen molar-refractivity contribution in [2.24, 2.45) is 0 Å². The molecule has 0 aliphatic carbocycles. The van der Waals surface area contributed by atoms with Gasteiger partial charge in [0.15, 0.2) is 11.5 Å². The zero-order chi connectivity index (χ0) is 17.5. The van der Waals surface area contributed by atoms with Crippen molar-refractivity contribution in [3.05, 3.63) is 53.1 Å². The van der Waals surface area contributed by atoms with Gasteiger partial charge in [-0.3, -0.25) is 4.79 Å². The first-order chi connectivity index (χ1) is 11.5. The maximum Gasteiger partial charge on any atom is 0.237 e. The van der Waals surface area contributed by atoms with E-state index in [0.717, 1.165) is 10.6 Å². The third-order valence-corrected chi connectivity index (χ3v) is 5.03. The van der Waals surface area contributed by atoms with E-state index in [4.69, 9.17) is 21.1 Å². The van der Waals surface area contributed by atoms with Crippen molar-refractivity contribution in [1.29, 1.82) is 0 Å². The van der Waals surface area contributed by atoms with Gasteiger partial charge < -0.3 is 14.8 Å². The molecule has 0 aliphatic heterocycles. The quantitative estimate of drug-likeness (QED) is 0.777. The van der Waals surface area contributed by atoms with Crippen LogP contribution in [0.15, 0.2) is 42.5 Å². The molecule has 1 amide bonds. The SMILES string of the molecule is COc1ccc(NC(=O)C(C)SCc2ccccc2Cl)cc1OC. The maximum atomic E-state index is 12.3. The molecule has 1 unspecified atom stereocenters. The van der Waals surface area contributed by atoms with Crippen molar-refractivity contribution >= 4 is 35.0 Å². The van der Waals surface area contributed by atoms with Crippen molar-refractivity contribution in [1.82, 2.24) is 0 Å². The Balaban J connectivity index is 1.95. The molecule has 128 valence electrons. The van der Waals surface area contributed by atoms with Gasteiger partial charge in [-0.15, -0.1) is 11.8 Å². The lowest BCUT2D eigenvalue weighted by molar-refractivity contribution is -0.115. The second-order valence-corrected chi connectivity index (χ2v) is 6.84. The van der Waals surface area contributed by atoms with E-state index in [1.165, 1.54) is 11.8 Å². The van der Waals surface area contributed by atoms with Crippen LogP contribution in [0.5, 0.6) is 11.5 Å². The van der Waals surface area contributed by atoms with Gasteiger partial charge in [-0.1, -0.05) is 29.8 Å². The van der Waals surface area contributed by atoms with Crippen LogP contribution in [0.25, 0.3) is 0 Å². The molecule has 1 N–H and O–H groups in total. The average Bonchev–Trinajstić information content (AvgIpc) is 2.60. The fourth-order valence-corrected chi connectivity index (χ4v) is 3.24. The van der Waals surface area contributed by atoms with Gasteiger partial charge in [-0.2, -0.15) is 0 Å². The lowest BCUT2D eigenvalue weighted by atomic mass is 10.2. The summed E-state index contributed by atoms with van der Waals surface area (Å²) in [5.41, 5.74) is 1.69. The molecule has 2 rings (SSSR count). The monoisotopic (exact) mass is 365 g/mol. The van der Waals surface area contributed by atoms with Gasteiger partial charge in [-0.05, 0) is 30.7 Å². The van der Waals surface area contributed by atoms with Crippen molar-refractivity contribution in [2.75, 3.05) is 19.5 Å². The summed E-state index contributed by atoms with van der Waals surface area (Å²) in [4.78, 5) is 12.3. The van der Waals surface area contributed by atoms with E-state index >= 15 is 0 Å². The minimum absolute atomic E-state index is 0.0701. The van der Waals surface area contributed by atoms with Crippen LogP contribution in [-0.2, 0) is 10.5 Å². The Morgan fingerprint density at radius 3 is 2.54 bits per heavy atom. The van der Waals surface area contributed by atoms with Crippen LogP contribution in [0.3, 0.4) is 0 Å².